The molecule has 2 heterocycles. The summed E-state index contributed by atoms with van der Waals surface area (Å²) in [4.78, 5) is 10.5. The third kappa shape index (κ3) is 3.44. The van der Waals surface area contributed by atoms with Gasteiger partial charge in [-0.3, -0.25) is 4.57 Å². The summed E-state index contributed by atoms with van der Waals surface area (Å²) in [6.07, 6.45) is 0. The maximum absolute atomic E-state index is 5.26. The number of nitrogens with zero attached hydrogens (tertiary/aromatic N) is 3. The van der Waals surface area contributed by atoms with Crippen LogP contribution in [0, 0.1) is 0 Å². The van der Waals surface area contributed by atoms with E-state index >= 15 is 0 Å². The molecule has 182 valence electrons. The van der Waals surface area contributed by atoms with Gasteiger partial charge >= 0.3 is 0 Å². The fourth-order valence-electron chi connectivity index (χ4n) is 5.77. The molecule has 8 aromatic rings. The molecule has 0 atom stereocenters. The van der Waals surface area contributed by atoms with Gasteiger partial charge in [0.15, 0.2) is 0 Å². The molecule has 0 aliphatic carbocycles. The molecule has 0 saturated heterocycles. The van der Waals surface area contributed by atoms with Crippen LogP contribution < -0.4 is 0 Å². The molecule has 0 amide bonds. The van der Waals surface area contributed by atoms with Crippen molar-refractivity contribution in [3.05, 3.63) is 140 Å². The van der Waals surface area contributed by atoms with Crippen molar-refractivity contribution in [3.63, 3.8) is 0 Å². The third-order valence-corrected chi connectivity index (χ3v) is 7.61. The molecule has 0 aliphatic rings. The second kappa shape index (κ2) is 8.64. The average Bonchev–Trinajstić information content (AvgIpc) is 3.35. The number of hydrogen-bond acceptors (Lipinski definition) is 2. The Bertz CT molecular complexity index is 2160. The van der Waals surface area contributed by atoms with Gasteiger partial charge in [0.05, 0.1) is 22.2 Å². The van der Waals surface area contributed by atoms with Crippen LogP contribution in [0.1, 0.15) is 0 Å². The van der Waals surface area contributed by atoms with E-state index in [-0.39, 0.29) is 0 Å². The van der Waals surface area contributed by atoms with E-state index in [9.17, 15) is 0 Å². The lowest BCUT2D eigenvalue weighted by atomic mass is 10.0. The van der Waals surface area contributed by atoms with Gasteiger partial charge in [-0.2, -0.15) is 0 Å². The lowest BCUT2D eigenvalue weighted by molar-refractivity contribution is 1.02. The summed E-state index contributed by atoms with van der Waals surface area (Å²) >= 11 is 0. The van der Waals surface area contributed by atoms with Gasteiger partial charge in [0, 0.05) is 27.1 Å². The summed E-state index contributed by atoms with van der Waals surface area (Å²) in [7, 11) is 0. The number of para-hydroxylation sites is 1. The van der Waals surface area contributed by atoms with Crippen molar-refractivity contribution in [1.29, 1.82) is 0 Å². The van der Waals surface area contributed by atoms with E-state index in [0.29, 0.717) is 5.95 Å². The quantitative estimate of drug-likeness (QED) is 0.228. The second-order valence-electron chi connectivity index (χ2n) is 9.87. The highest BCUT2D eigenvalue weighted by atomic mass is 15.2. The minimum Gasteiger partial charge on any atom is -0.278 e. The van der Waals surface area contributed by atoms with E-state index in [1.807, 2.05) is 6.07 Å². The van der Waals surface area contributed by atoms with Gasteiger partial charge in [-0.05, 0) is 40.8 Å². The standard InChI is InChI=1S/C36H23N3/c1-3-11-24(12-4-1)27-20-22-33-31(23-27)29-17-9-10-18-32(29)39(33)36-37-34(26-14-5-2-6-15-26)30-21-19-25-13-7-8-16-28(25)35(30)38-36/h1-23H. The van der Waals surface area contributed by atoms with Gasteiger partial charge in [0.25, 0.3) is 0 Å². The smallest absolute Gasteiger partial charge is 0.235 e. The topological polar surface area (TPSA) is 30.7 Å². The van der Waals surface area contributed by atoms with Crippen molar-refractivity contribution >= 4 is 43.5 Å². The van der Waals surface area contributed by atoms with Crippen LogP contribution in [0.4, 0.5) is 0 Å². The van der Waals surface area contributed by atoms with Crippen molar-refractivity contribution in [2.24, 2.45) is 0 Å². The van der Waals surface area contributed by atoms with Gasteiger partial charge in [0.1, 0.15) is 0 Å². The van der Waals surface area contributed by atoms with Crippen LogP contribution in [0.3, 0.4) is 0 Å². The van der Waals surface area contributed by atoms with E-state index < -0.39 is 0 Å². The largest absolute Gasteiger partial charge is 0.278 e. The van der Waals surface area contributed by atoms with Crippen molar-refractivity contribution < 1.29 is 0 Å². The molecule has 3 nitrogen and oxygen atoms in total. The molecule has 2 aromatic heterocycles. The van der Waals surface area contributed by atoms with E-state index in [0.717, 1.165) is 38.6 Å². The normalized spacial score (nSPS) is 11.6. The van der Waals surface area contributed by atoms with Gasteiger partial charge in [-0.25, -0.2) is 9.97 Å². The number of fused-ring (bicyclic) bond motifs is 6. The van der Waals surface area contributed by atoms with Crippen molar-refractivity contribution in [2.45, 2.75) is 0 Å². The summed E-state index contributed by atoms with van der Waals surface area (Å²) in [5.41, 5.74) is 7.56. The molecule has 0 fully saturated rings. The van der Waals surface area contributed by atoms with E-state index in [4.69, 9.17) is 9.97 Å². The average molecular weight is 498 g/mol. The third-order valence-electron chi connectivity index (χ3n) is 7.61. The summed E-state index contributed by atoms with van der Waals surface area (Å²) < 4.78 is 2.22. The molecule has 3 heteroatoms. The first-order valence-corrected chi connectivity index (χ1v) is 13.2. The SMILES string of the molecule is c1ccc(-c2ccc3c(c2)c2ccccc2n3-c2nc(-c3ccccc3)c3ccc4ccccc4c3n2)cc1. The van der Waals surface area contributed by atoms with Crippen LogP contribution in [0.15, 0.2) is 140 Å². The highest BCUT2D eigenvalue weighted by Crippen LogP contribution is 2.37. The van der Waals surface area contributed by atoms with Crippen LogP contribution in [0.2, 0.25) is 0 Å². The maximum Gasteiger partial charge on any atom is 0.235 e. The highest BCUT2D eigenvalue weighted by molar-refractivity contribution is 6.12. The summed E-state index contributed by atoms with van der Waals surface area (Å²) in [5.74, 6) is 0.677. The molecule has 0 spiro atoms. The number of aromatic nitrogens is 3. The minimum atomic E-state index is 0.677. The van der Waals surface area contributed by atoms with Crippen LogP contribution in [-0.2, 0) is 0 Å². The zero-order valence-corrected chi connectivity index (χ0v) is 21.1. The first kappa shape index (κ1) is 21.8. The van der Waals surface area contributed by atoms with Crippen LogP contribution in [0.5, 0.6) is 0 Å². The zero-order chi connectivity index (χ0) is 25.8. The number of benzene rings is 6. The molecule has 0 unspecified atom stereocenters. The molecule has 8 rings (SSSR count). The van der Waals surface area contributed by atoms with Gasteiger partial charge < -0.3 is 0 Å². The molecular formula is C36H23N3. The van der Waals surface area contributed by atoms with E-state index in [1.54, 1.807) is 0 Å². The predicted molar refractivity (Wildman–Crippen MR) is 162 cm³/mol. The van der Waals surface area contributed by atoms with Crippen LogP contribution in [0.25, 0.3) is 71.8 Å². The summed E-state index contributed by atoms with van der Waals surface area (Å²) in [6, 6.07) is 49.0. The molecule has 0 radical (unpaired) electrons. The van der Waals surface area contributed by atoms with E-state index in [2.05, 4.69) is 138 Å². The van der Waals surface area contributed by atoms with Crippen molar-refractivity contribution in [3.8, 4) is 28.3 Å². The zero-order valence-electron chi connectivity index (χ0n) is 21.1. The van der Waals surface area contributed by atoms with Gasteiger partial charge in [0.2, 0.25) is 5.95 Å². The Morgan fingerprint density at radius 3 is 1.90 bits per heavy atom. The lowest BCUT2D eigenvalue weighted by Crippen LogP contribution is -2.03. The molecule has 0 bridgehead atoms. The Kier molecular flexibility index (Phi) is 4.82. The molecule has 39 heavy (non-hydrogen) atoms. The number of rotatable bonds is 3. The van der Waals surface area contributed by atoms with Gasteiger partial charge in [-0.15, -0.1) is 0 Å². The Hall–Kier alpha value is -5.28. The Morgan fingerprint density at radius 1 is 0.410 bits per heavy atom. The monoisotopic (exact) mass is 497 g/mol. The van der Waals surface area contributed by atoms with E-state index in [1.165, 1.54) is 27.3 Å². The minimum absolute atomic E-state index is 0.677. The first-order valence-electron chi connectivity index (χ1n) is 13.2. The second-order valence-corrected chi connectivity index (χ2v) is 9.87. The predicted octanol–water partition coefficient (Wildman–Crippen LogP) is 9.21. The first-order chi connectivity index (χ1) is 19.3. The van der Waals surface area contributed by atoms with Gasteiger partial charge in [-0.1, -0.05) is 115 Å². The Morgan fingerprint density at radius 2 is 1.08 bits per heavy atom. The summed E-state index contributed by atoms with van der Waals surface area (Å²) in [5, 5.41) is 5.73. The molecule has 0 aliphatic heterocycles. The summed E-state index contributed by atoms with van der Waals surface area (Å²) in [6.45, 7) is 0. The Labute approximate surface area is 225 Å². The fraction of sp³-hybridized carbons (Fsp3) is 0. The van der Waals surface area contributed by atoms with Crippen molar-refractivity contribution in [2.75, 3.05) is 0 Å². The van der Waals surface area contributed by atoms with Crippen molar-refractivity contribution in [1.82, 2.24) is 14.5 Å². The fourth-order valence-corrected chi connectivity index (χ4v) is 5.77. The molecular weight excluding hydrogens is 474 g/mol. The molecule has 6 aromatic carbocycles. The van der Waals surface area contributed by atoms with Crippen LogP contribution in [-0.4, -0.2) is 14.5 Å². The lowest BCUT2D eigenvalue weighted by Gasteiger charge is -2.13. The molecule has 0 saturated carbocycles. The van der Waals surface area contributed by atoms with Crippen LogP contribution >= 0.6 is 0 Å². The number of hydrogen-bond donors (Lipinski definition) is 0. The maximum atomic E-state index is 5.26. The highest BCUT2D eigenvalue weighted by Gasteiger charge is 2.18. The molecule has 0 N–H and O–H groups in total. The Balaban J connectivity index is 1.48.